The Hall–Kier alpha value is -0.950. The number of benzene rings is 1. The largest absolute Gasteiger partial charge is 0.390 e. The van der Waals surface area contributed by atoms with E-state index in [1.807, 2.05) is 12.1 Å². The molecule has 6 heteroatoms. The predicted molar refractivity (Wildman–Crippen MR) is 80.7 cm³/mol. The average Bonchev–Trinajstić information content (AvgIpc) is 2.92. The lowest BCUT2D eigenvalue weighted by Crippen LogP contribution is -2.44. The SMILES string of the molecule is CN([C@@H]1CNC[C@H]1O)S(=O)(=O)c1ccc2c(c1)CCCC2. The number of aliphatic hydroxyl groups excluding tert-OH is 1. The highest BCUT2D eigenvalue weighted by atomic mass is 32.2. The standard InChI is InChI=1S/C15H22N2O3S/c1-17(14-9-16-10-15(14)18)21(19,20)13-7-6-11-4-2-3-5-12(11)8-13/h6-8,14-16,18H,2-5,9-10H2,1H3/t14-,15-/m1/s1. The maximum atomic E-state index is 12.7. The predicted octanol–water partition coefficient (Wildman–Crippen LogP) is 0.519. The van der Waals surface area contributed by atoms with Crippen molar-refractivity contribution in [1.29, 1.82) is 0 Å². The molecule has 5 nitrogen and oxygen atoms in total. The Morgan fingerprint density at radius 2 is 1.90 bits per heavy atom. The molecular weight excluding hydrogens is 288 g/mol. The summed E-state index contributed by atoms with van der Waals surface area (Å²) in [5.41, 5.74) is 2.42. The summed E-state index contributed by atoms with van der Waals surface area (Å²) in [6, 6.07) is 5.06. The molecule has 2 N–H and O–H groups in total. The molecule has 2 atom stereocenters. The molecule has 21 heavy (non-hydrogen) atoms. The third-order valence-electron chi connectivity index (χ3n) is 4.62. The number of fused-ring (bicyclic) bond motifs is 1. The number of hydrogen-bond donors (Lipinski definition) is 2. The van der Waals surface area contributed by atoms with Gasteiger partial charge in [-0.25, -0.2) is 8.42 Å². The molecule has 1 saturated heterocycles. The van der Waals surface area contributed by atoms with Crippen LogP contribution in [0.5, 0.6) is 0 Å². The monoisotopic (exact) mass is 310 g/mol. The van der Waals surface area contributed by atoms with E-state index < -0.39 is 22.2 Å². The second-order valence-corrected chi connectivity index (χ2v) is 7.95. The fourth-order valence-corrected chi connectivity index (χ4v) is 4.67. The highest BCUT2D eigenvalue weighted by molar-refractivity contribution is 7.89. The van der Waals surface area contributed by atoms with Gasteiger partial charge in [0.15, 0.2) is 0 Å². The van der Waals surface area contributed by atoms with E-state index in [2.05, 4.69) is 5.32 Å². The number of aryl methyl sites for hydroxylation is 2. The van der Waals surface area contributed by atoms with Crippen LogP contribution in [0, 0.1) is 0 Å². The molecular formula is C15H22N2O3S. The van der Waals surface area contributed by atoms with Crippen LogP contribution in [0.4, 0.5) is 0 Å². The van der Waals surface area contributed by atoms with Crippen LogP contribution in [0.3, 0.4) is 0 Å². The number of β-amino-alcohol motifs (C(OH)–C–C–N with tert-alkyl or cyclic N) is 1. The molecule has 1 aromatic carbocycles. The number of nitrogens with zero attached hydrogens (tertiary/aromatic N) is 1. The van der Waals surface area contributed by atoms with E-state index in [-0.39, 0.29) is 0 Å². The zero-order valence-corrected chi connectivity index (χ0v) is 13.1. The smallest absolute Gasteiger partial charge is 0.243 e. The van der Waals surface area contributed by atoms with Gasteiger partial charge in [0.1, 0.15) is 0 Å². The lowest BCUT2D eigenvalue weighted by Gasteiger charge is -2.26. The second kappa shape index (κ2) is 5.68. The van der Waals surface area contributed by atoms with E-state index in [4.69, 9.17) is 0 Å². The Balaban J connectivity index is 1.90. The molecule has 0 saturated carbocycles. The number of nitrogens with one attached hydrogen (secondary N) is 1. The first-order chi connectivity index (χ1) is 10.00. The Morgan fingerprint density at radius 1 is 1.19 bits per heavy atom. The van der Waals surface area contributed by atoms with E-state index >= 15 is 0 Å². The first kappa shape index (κ1) is 15.0. The highest BCUT2D eigenvalue weighted by Gasteiger charge is 2.35. The summed E-state index contributed by atoms with van der Waals surface area (Å²) in [5, 5.41) is 12.9. The maximum absolute atomic E-state index is 12.7. The van der Waals surface area contributed by atoms with E-state index in [1.165, 1.54) is 16.3 Å². The zero-order chi connectivity index (χ0) is 15.0. The summed E-state index contributed by atoms with van der Waals surface area (Å²) in [5.74, 6) is 0. The van der Waals surface area contributed by atoms with Crippen molar-refractivity contribution in [3.8, 4) is 0 Å². The van der Waals surface area contributed by atoms with Crippen molar-refractivity contribution in [3.05, 3.63) is 29.3 Å². The van der Waals surface area contributed by atoms with Crippen molar-refractivity contribution in [3.63, 3.8) is 0 Å². The van der Waals surface area contributed by atoms with Gasteiger partial charge in [-0.2, -0.15) is 4.31 Å². The summed E-state index contributed by atoms with van der Waals surface area (Å²) in [4.78, 5) is 0.338. The maximum Gasteiger partial charge on any atom is 0.243 e. The van der Waals surface area contributed by atoms with E-state index in [0.29, 0.717) is 18.0 Å². The molecule has 1 aliphatic heterocycles. The summed E-state index contributed by atoms with van der Waals surface area (Å²) in [7, 11) is -2.00. The van der Waals surface area contributed by atoms with Gasteiger partial charge in [-0.1, -0.05) is 6.07 Å². The van der Waals surface area contributed by atoms with Gasteiger partial charge in [-0.15, -0.1) is 0 Å². The second-order valence-electron chi connectivity index (χ2n) is 5.95. The Labute approximate surface area is 126 Å². The van der Waals surface area contributed by atoms with Gasteiger partial charge in [-0.05, 0) is 48.9 Å². The molecule has 0 aromatic heterocycles. The summed E-state index contributed by atoms with van der Waals surface area (Å²) in [6.45, 7) is 0.927. The molecule has 1 fully saturated rings. The van der Waals surface area contributed by atoms with Crippen molar-refractivity contribution in [2.45, 2.75) is 42.7 Å². The van der Waals surface area contributed by atoms with E-state index in [9.17, 15) is 13.5 Å². The topological polar surface area (TPSA) is 69.6 Å². The fourth-order valence-electron chi connectivity index (χ4n) is 3.24. The molecule has 1 heterocycles. The number of hydrogen-bond acceptors (Lipinski definition) is 4. The zero-order valence-electron chi connectivity index (χ0n) is 12.2. The number of rotatable bonds is 3. The van der Waals surface area contributed by atoms with E-state index in [0.717, 1.165) is 24.8 Å². The number of aliphatic hydroxyl groups is 1. The van der Waals surface area contributed by atoms with Gasteiger partial charge in [0.05, 0.1) is 17.0 Å². The van der Waals surface area contributed by atoms with Crippen molar-refractivity contribution < 1.29 is 13.5 Å². The van der Waals surface area contributed by atoms with Crippen LogP contribution in [-0.4, -0.2) is 50.1 Å². The minimum absolute atomic E-state index is 0.338. The van der Waals surface area contributed by atoms with Gasteiger partial charge in [0.25, 0.3) is 0 Å². The molecule has 2 aliphatic rings. The van der Waals surface area contributed by atoms with Crippen LogP contribution in [0.1, 0.15) is 24.0 Å². The normalized spacial score (nSPS) is 26.0. The van der Waals surface area contributed by atoms with Gasteiger partial charge < -0.3 is 10.4 Å². The van der Waals surface area contributed by atoms with Gasteiger partial charge in [-0.3, -0.25) is 0 Å². The van der Waals surface area contributed by atoms with Gasteiger partial charge in [0, 0.05) is 20.1 Å². The molecule has 116 valence electrons. The third kappa shape index (κ3) is 2.73. The molecule has 3 rings (SSSR count). The first-order valence-corrected chi connectivity index (χ1v) is 8.93. The molecule has 0 amide bonds. The van der Waals surface area contributed by atoms with E-state index in [1.54, 1.807) is 13.1 Å². The number of sulfonamides is 1. The third-order valence-corrected chi connectivity index (χ3v) is 6.49. The number of likely N-dealkylation sites (N-methyl/N-ethyl adjacent to an activating group) is 1. The first-order valence-electron chi connectivity index (χ1n) is 7.49. The summed E-state index contributed by atoms with van der Waals surface area (Å²) in [6.07, 6.45) is 3.64. The van der Waals surface area contributed by atoms with Crippen LogP contribution < -0.4 is 5.32 Å². The van der Waals surface area contributed by atoms with Crippen molar-refractivity contribution in [2.75, 3.05) is 20.1 Å². The Kier molecular flexibility index (Phi) is 4.05. The minimum atomic E-state index is -3.56. The van der Waals surface area contributed by atoms with Crippen LogP contribution in [0.2, 0.25) is 0 Å². The van der Waals surface area contributed by atoms with Crippen molar-refractivity contribution >= 4 is 10.0 Å². The van der Waals surface area contributed by atoms with Crippen LogP contribution in [-0.2, 0) is 22.9 Å². The van der Waals surface area contributed by atoms with Crippen molar-refractivity contribution in [2.24, 2.45) is 0 Å². The summed E-state index contributed by atoms with van der Waals surface area (Å²) < 4.78 is 26.8. The molecule has 1 aliphatic carbocycles. The highest BCUT2D eigenvalue weighted by Crippen LogP contribution is 2.26. The minimum Gasteiger partial charge on any atom is -0.390 e. The average molecular weight is 310 g/mol. The van der Waals surface area contributed by atoms with Gasteiger partial charge in [0.2, 0.25) is 10.0 Å². The van der Waals surface area contributed by atoms with Crippen LogP contribution in [0.25, 0.3) is 0 Å². The Bertz CT molecular complexity index is 630. The van der Waals surface area contributed by atoms with Gasteiger partial charge >= 0.3 is 0 Å². The fraction of sp³-hybridized carbons (Fsp3) is 0.600. The molecule has 0 unspecified atom stereocenters. The quantitative estimate of drug-likeness (QED) is 0.854. The van der Waals surface area contributed by atoms with Crippen LogP contribution in [0.15, 0.2) is 23.1 Å². The molecule has 0 spiro atoms. The molecule has 1 aromatic rings. The lowest BCUT2D eigenvalue weighted by atomic mass is 9.92. The Morgan fingerprint density at radius 3 is 2.57 bits per heavy atom. The lowest BCUT2D eigenvalue weighted by molar-refractivity contribution is 0.136. The van der Waals surface area contributed by atoms with Crippen molar-refractivity contribution in [1.82, 2.24) is 9.62 Å². The summed E-state index contributed by atoms with van der Waals surface area (Å²) >= 11 is 0. The molecule has 0 radical (unpaired) electrons. The van der Waals surface area contributed by atoms with Crippen LogP contribution >= 0.6 is 0 Å². The molecule has 0 bridgehead atoms.